The van der Waals surface area contributed by atoms with Crippen molar-refractivity contribution in [2.75, 3.05) is 18.4 Å². The average molecular weight is 378 g/mol. The number of rotatable bonds is 8. The van der Waals surface area contributed by atoms with E-state index in [2.05, 4.69) is 20.6 Å². The minimum atomic E-state index is -0.237. The number of anilines is 1. The van der Waals surface area contributed by atoms with Gasteiger partial charge in [-0.3, -0.25) is 4.79 Å². The number of hydrogen-bond donors (Lipinski definition) is 2. The summed E-state index contributed by atoms with van der Waals surface area (Å²) in [5.74, 6) is 0.599. The smallest absolute Gasteiger partial charge is 0.270 e. The lowest BCUT2D eigenvalue weighted by molar-refractivity contribution is 0.0949. The van der Waals surface area contributed by atoms with Gasteiger partial charge in [0.15, 0.2) is 0 Å². The second-order valence-electron chi connectivity index (χ2n) is 6.45. The van der Waals surface area contributed by atoms with Crippen molar-refractivity contribution in [1.29, 1.82) is 0 Å². The van der Waals surface area contributed by atoms with Gasteiger partial charge in [0.05, 0.1) is 0 Å². The zero-order valence-electron chi connectivity index (χ0n) is 15.8. The first-order valence-corrected chi connectivity index (χ1v) is 9.27. The normalized spacial score (nSPS) is 10.5. The van der Waals surface area contributed by atoms with E-state index in [0.29, 0.717) is 42.4 Å². The fourth-order valence-corrected chi connectivity index (χ4v) is 2.86. The highest BCUT2D eigenvalue weighted by Gasteiger charge is 2.10. The monoisotopic (exact) mass is 378 g/mol. The molecular formula is C22H23FN4O. The molecule has 0 fully saturated rings. The highest BCUT2D eigenvalue weighted by molar-refractivity contribution is 5.92. The van der Waals surface area contributed by atoms with E-state index in [-0.39, 0.29) is 11.7 Å². The van der Waals surface area contributed by atoms with Crippen LogP contribution in [0.1, 0.15) is 27.4 Å². The van der Waals surface area contributed by atoms with Crippen LogP contribution in [-0.4, -0.2) is 29.0 Å². The third-order valence-electron chi connectivity index (χ3n) is 4.27. The van der Waals surface area contributed by atoms with Crippen LogP contribution in [0.3, 0.4) is 0 Å². The predicted octanol–water partition coefficient (Wildman–Crippen LogP) is 3.55. The summed E-state index contributed by atoms with van der Waals surface area (Å²) in [5.41, 5.74) is 2.12. The minimum absolute atomic E-state index is 0.221. The molecule has 0 radical (unpaired) electrons. The molecule has 144 valence electrons. The molecule has 0 aliphatic heterocycles. The Balaban J connectivity index is 1.54. The summed E-state index contributed by atoms with van der Waals surface area (Å²) in [5, 5.41) is 6.03. The Morgan fingerprint density at radius 3 is 2.50 bits per heavy atom. The number of hydrogen-bond acceptors (Lipinski definition) is 4. The fraction of sp³-hybridized carbons (Fsp3) is 0.227. The molecule has 1 aromatic heterocycles. The minimum Gasteiger partial charge on any atom is -0.370 e. The Morgan fingerprint density at radius 1 is 0.964 bits per heavy atom. The second kappa shape index (κ2) is 9.60. The van der Waals surface area contributed by atoms with E-state index in [0.717, 1.165) is 12.0 Å². The van der Waals surface area contributed by atoms with Gasteiger partial charge in [-0.05, 0) is 37.0 Å². The van der Waals surface area contributed by atoms with Crippen LogP contribution in [0.15, 0.2) is 60.7 Å². The maximum Gasteiger partial charge on any atom is 0.270 e. The topological polar surface area (TPSA) is 66.9 Å². The van der Waals surface area contributed by atoms with Gasteiger partial charge in [-0.25, -0.2) is 14.4 Å². The Hall–Kier alpha value is -3.28. The SMILES string of the molecule is Cc1nc(NCCc2ccccc2F)cc(C(=O)NCCc2ccccc2)n1. The Bertz CT molecular complexity index is 931. The Morgan fingerprint density at radius 2 is 1.71 bits per heavy atom. The summed E-state index contributed by atoms with van der Waals surface area (Å²) in [6.07, 6.45) is 1.28. The number of benzene rings is 2. The van der Waals surface area contributed by atoms with Crippen molar-refractivity contribution in [2.45, 2.75) is 19.8 Å². The molecule has 0 spiro atoms. The fourth-order valence-electron chi connectivity index (χ4n) is 2.86. The van der Waals surface area contributed by atoms with Gasteiger partial charge >= 0.3 is 0 Å². The van der Waals surface area contributed by atoms with Crippen LogP contribution in [0.2, 0.25) is 0 Å². The van der Waals surface area contributed by atoms with Crippen molar-refractivity contribution < 1.29 is 9.18 Å². The number of halogens is 1. The maximum absolute atomic E-state index is 13.7. The second-order valence-corrected chi connectivity index (χ2v) is 6.45. The molecule has 0 saturated heterocycles. The largest absolute Gasteiger partial charge is 0.370 e. The molecule has 3 aromatic rings. The van der Waals surface area contributed by atoms with Crippen molar-refractivity contribution in [3.63, 3.8) is 0 Å². The summed E-state index contributed by atoms with van der Waals surface area (Å²) < 4.78 is 13.7. The zero-order valence-corrected chi connectivity index (χ0v) is 15.8. The number of nitrogens with zero attached hydrogens (tertiary/aromatic N) is 2. The lowest BCUT2D eigenvalue weighted by Gasteiger charge is -2.10. The first-order valence-electron chi connectivity index (χ1n) is 9.27. The van der Waals surface area contributed by atoms with E-state index in [1.165, 1.54) is 6.07 Å². The molecule has 2 aromatic carbocycles. The Labute approximate surface area is 164 Å². The van der Waals surface area contributed by atoms with E-state index >= 15 is 0 Å². The number of aryl methyl sites for hydroxylation is 1. The predicted molar refractivity (Wildman–Crippen MR) is 108 cm³/mol. The molecule has 1 amide bonds. The van der Waals surface area contributed by atoms with Crippen LogP contribution in [0, 0.1) is 12.7 Å². The third-order valence-corrected chi connectivity index (χ3v) is 4.27. The number of carbonyl (C=O) groups excluding carboxylic acids is 1. The van der Waals surface area contributed by atoms with E-state index in [9.17, 15) is 9.18 Å². The average Bonchev–Trinajstić information content (AvgIpc) is 2.70. The standard InChI is InChI=1S/C22H23FN4O/c1-16-26-20(22(28)25-13-11-17-7-3-2-4-8-17)15-21(27-16)24-14-12-18-9-5-6-10-19(18)23/h2-10,15H,11-14H2,1H3,(H,25,28)(H,24,26,27). The van der Waals surface area contributed by atoms with E-state index in [1.54, 1.807) is 25.1 Å². The first kappa shape index (κ1) is 19.5. The van der Waals surface area contributed by atoms with Gasteiger partial charge in [0, 0.05) is 19.2 Å². The highest BCUT2D eigenvalue weighted by Crippen LogP contribution is 2.10. The van der Waals surface area contributed by atoms with Crippen LogP contribution in [-0.2, 0) is 12.8 Å². The van der Waals surface area contributed by atoms with Crippen LogP contribution in [0.5, 0.6) is 0 Å². The molecule has 0 unspecified atom stereocenters. The molecule has 6 heteroatoms. The maximum atomic E-state index is 13.7. The van der Waals surface area contributed by atoms with Gasteiger partial charge in [0.1, 0.15) is 23.2 Å². The van der Waals surface area contributed by atoms with Crippen molar-refractivity contribution in [1.82, 2.24) is 15.3 Å². The summed E-state index contributed by atoms with van der Waals surface area (Å²) >= 11 is 0. The summed E-state index contributed by atoms with van der Waals surface area (Å²) in [6.45, 7) is 2.77. The van der Waals surface area contributed by atoms with Gasteiger partial charge in [0.25, 0.3) is 5.91 Å². The van der Waals surface area contributed by atoms with Crippen LogP contribution in [0.25, 0.3) is 0 Å². The summed E-state index contributed by atoms with van der Waals surface area (Å²) in [4.78, 5) is 20.9. The van der Waals surface area contributed by atoms with Crippen LogP contribution in [0.4, 0.5) is 10.2 Å². The van der Waals surface area contributed by atoms with Crippen molar-refractivity contribution in [2.24, 2.45) is 0 Å². The van der Waals surface area contributed by atoms with Gasteiger partial charge < -0.3 is 10.6 Å². The van der Waals surface area contributed by atoms with Crippen molar-refractivity contribution in [3.05, 3.63) is 89.1 Å². The van der Waals surface area contributed by atoms with Gasteiger partial charge in [-0.15, -0.1) is 0 Å². The number of amides is 1. The summed E-state index contributed by atoms with van der Waals surface area (Å²) in [6, 6.07) is 18.3. The molecule has 0 aliphatic carbocycles. The van der Waals surface area contributed by atoms with E-state index in [4.69, 9.17) is 0 Å². The Kier molecular flexibility index (Phi) is 6.68. The quantitative estimate of drug-likeness (QED) is 0.629. The molecule has 3 rings (SSSR count). The van der Waals surface area contributed by atoms with Crippen molar-refractivity contribution >= 4 is 11.7 Å². The molecule has 5 nitrogen and oxygen atoms in total. The number of carbonyl (C=O) groups is 1. The third kappa shape index (κ3) is 5.61. The molecule has 0 saturated carbocycles. The molecular weight excluding hydrogens is 355 g/mol. The molecule has 0 aliphatic rings. The zero-order chi connectivity index (χ0) is 19.8. The lowest BCUT2D eigenvalue weighted by Crippen LogP contribution is -2.27. The summed E-state index contributed by atoms with van der Waals surface area (Å²) in [7, 11) is 0. The first-order chi connectivity index (χ1) is 13.6. The molecule has 0 bridgehead atoms. The van der Waals surface area contributed by atoms with E-state index < -0.39 is 0 Å². The van der Waals surface area contributed by atoms with Crippen LogP contribution >= 0.6 is 0 Å². The number of nitrogens with one attached hydrogen (secondary N) is 2. The van der Waals surface area contributed by atoms with Crippen LogP contribution < -0.4 is 10.6 Å². The molecule has 28 heavy (non-hydrogen) atoms. The van der Waals surface area contributed by atoms with Gasteiger partial charge in [-0.1, -0.05) is 48.5 Å². The van der Waals surface area contributed by atoms with Gasteiger partial charge in [0.2, 0.25) is 0 Å². The lowest BCUT2D eigenvalue weighted by atomic mass is 10.1. The molecule has 0 atom stereocenters. The molecule has 1 heterocycles. The van der Waals surface area contributed by atoms with Crippen molar-refractivity contribution in [3.8, 4) is 0 Å². The van der Waals surface area contributed by atoms with Gasteiger partial charge in [-0.2, -0.15) is 0 Å². The highest BCUT2D eigenvalue weighted by atomic mass is 19.1. The van der Waals surface area contributed by atoms with E-state index in [1.807, 2.05) is 36.4 Å². The molecule has 2 N–H and O–H groups in total. The number of aromatic nitrogens is 2.